The highest BCUT2D eigenvalue weighted by molar-refractivity contribution is 5.95. The van der Waals surface area contributed by atoms with Gasteiger partial charge in [0.2, 0.25) is 0 Å². The Balaban J connectivity index is 1.32. The number of amides is 3. The molecule has 0 radical (unpaired) electrons. The van der Waals surface area contributed by atoms with Crippen LogP contribution in [-0.2, 0) is 6.42 Å². The van der Waals surface area contributed by atoms with E-state index in [0.717, 1.165) is 5.56 Å². The Morgan fingerprint density at radius 3 is 2.59 bits per heavy atom. The van der Waals surface area contributed by atoms with Crippen LogP contribution in [0, 0.1) is 17.1 Å². The van der Waals surface area contributed by atoms with E-state index >= 15 is 0 Å². The number of nitriles is 1. The Hall–Kier alpha value is -5.04. The van der Waals surface area contributed by atoms with Crippen LogP contribution in [0.5, 0.6) is 0 Å². The van der Waals surface area contributed by atoms with E-state index in [9.17, 15) is 24.0 Å². The largest absolute Gasteiger partial charge is 0.331 e. The van der Waals surface area contributed by atoms with Crippen LogP contribution in [0.2, 0.25) is 0 Å². The molecule has 3 amide bonds. The molecule has 5 rings (SSSR count). The van der Waals surface area contributed by atoms with Gasteiger partial charge in [-0.25, -0.2) is 14.3 Å². The zero-order valence-electron chi connectivity index (χ0n) is 22.5. The summed E-state index contributed by atoms with van der Waals surface area (Å²) in [5.74, 6) is -1.22. The quantitative estimate of drug-likeness (QED) is 0.372. The van der Waals surface area contributed by atoms with Gasteiger partial charge < -0.3 is 15.1 Å². The van der Waals surface area contributed by atoms with Gasteiger partial charge in [0, 0.05) is 31.4 Å². The van der Waals surface area contributed by atoms with E-state index < -0.39 is 17.8 Å². The van der Waals surface area contributed by atoms with Crippen LogP contribution >= 0.6 is 0 Å². The molecule has 0 saturated carbocycles. The molecule has 3 aromatic carbocycles. The number of nitrogens with one attached hydrogen (secondary N) is 2. The monoisotopic (exact) mass is 552 g/mol. The van der Waals surface area contributed by atoms with Crippen molar-refractivity contribution < 1.29 is 14.0 Å². The molecule has 4 aromatic rings. The molecule has 0 bridgehead atoms. The van der Waals surface area contributed by atoms with Crippen LogP contribution in [0.1, 0.15) is 46.6 Å². The molecular formula is C31H29FN6O3. The van der Waals surface area contributed by atoms with E-state index in [4.69, 9.17) is 0 Å². The van der Waals surface area contributed by atoms with Crippen LogP contribution in [0.4, 0.5) is 9.18 Å². The SMILES string of the molecule is C[C@H](NC(=O)N1CCN(C(=O)c2cc(Cc3n[nH]c(=O)c4ccccc34)ccc2F)[C@H](CC#N)C1)c1ccccc1. The fourth-order valence-electron chi connectivity index (χ4n) is 5.19. The Morgan fingerprint density at radius 1 is 1.10 bits per heavy atom. The van der Waals surface area contributed by atoms with Crippen molar-refractivity contribution in [2.75, 3.05) is 19.6 Å². The molecule has 9 nitrogen and oxygen atoms in total. The number of nitrogens with zero attached hydrogens (tertiary/aromatic N) is 4. The summed E-state index contributed by atoms with van der Waals surface area (Å²) >= 11 is 0. The number of benzene rings is 3. The average molecular weight is 553 g/mol. The maximum absolute atomic E-state index is 15.0. The number of rotatable bonds is 6. The number of carbonyl (C=O) groups is 2. The second-order valence-corrected chi connectivity index (χ2v) is 10.1. The molecule has 2 atom stereocenters. The number of carbonyl (C=O) groups excluding carboxylic acids is 2. The van der Waals surface area contributed by atoms with Crippen molar-refractivity contribution in [2.45, 2.75) is 31.8 Å². The fraction of sp³-hybridized carbons (Fsp3) is 0.258. The van der Waals surface area contributed by atoms with E-state index in [-0.39, 0.29) is 55.7 Å². The molecule has 0 unspecified atom stereocenters. The second-order valence-electron chi connectivity index (χ2n) is 10.1. The van der Waals surface area contributed by atoms with Gasteiger partial charge in [0.05, 0.1) is 41.2 Å². The third kappa shape index (κ3) is 5.94. The first kappa shape index (κ1) is 27.5. The summed E-state index contributed by atoms with van der Waals surface area (Å²) in [4.78, 5) is 41.8. The first-order valence-corrected chi connectivity index (χ1v) is 13.4. The maximum Gasteiger partial charge on any atom is 0.318 e. The predicted molar refractivity (Wildman–Crippen MR) is 152 cm³/mol. The molecule has 1 aliphatic heterocycles. The summed E-state index contributed by atoms with van der Waals surface area (Å²) in [6.45, 7) is 2.45. The van der Waals surface area contributed by atoms with Gasteiger partial charge in [-0.2, -0.15) is 10.4 Å². The van der Waals surface area contributed by atoms with E-state index in [0.29, 0.717) is 22.0 Å². The molecule has 1 saturated heterocycles. The Bertz CT molecular complexity index is 1680. The summed E-state index contributed by atoms with van der Waals surface area (Å²) in [6, 6.07) is 22.0. The van der Waals surface area contributed by atoms with Gasteiger partial charge in [-0.05, 0) is 36.2 Å². The standard InChI is InChI=1S/C31H29FN6O3/c1-20(22-7-3-2-4-8-22)34-31(41)37-15-16-38(23(19-37)13-14-33)30(40)26-17-21(11-12-27(26)32)18-28-24-9-5-6-10-25(24)29(39)36-35-28/h2-12,17,20,23H,13,15-16,18-19H2,1H3,(H,34,41)(H,36,39)/t20-,23+/m0/s1. The van der Waals surface area contributed by atoms with E-state index in [1.807, 2.05) is 43.3 Å². The molecular weight excluding hydrogens is 523 g/mol. The van der Waals surface area contributed by atoms with Crippen LogP contribution in [0.25, 0.3) is 10.8 Å². The molecule has 1 fully saturated rings. The van der Waals surface area contributed by atoms with Crippen molar-refractivity contribution in [1.29, 1.82) is 5.26 Å². The lowest BCUT2D eigenvalue weighted by molar-refractivity contribution is 0.0510. The lowest BCUT2D eigenvalue weighted by atomic mass is 10.0. The molecule has 2 N–H and O–H groups in total. The average Bonchev–Trinajstić information content (AvgIpc) is 3.00. The topological polar surface area (TPSA) is 122 Å². The Morgan fingerprint density at radius 2 is 1.83 bits per heavy atom. The molecule has 41 heavy (non-hydrogen) atoms. The van der Waals surface area contributed by atoms with Crippen molar-refractivity contribution in [3.63, 3.8) is 0 Å². The molecule has 0 spiro atoms. The van der Waals surface area contributed by atoms with Gasteiger partial charge in [-0.3, -0.25) is 9.59 Å². The number of piperazine rings is 1. The number of aromatic amines is 1. The summed E-state index contributed by atoms with van der Waals surface area (Å²) in [7, 11) is 0. The van der Waals surface area contributed by atoms with E-state index in [1.165, 1.54) is 17.0 Å². The minimum Gasteiger partial charge on any atom is -0.331 e. The highest BCUT2D eigenvalue weighted by Crippen LogP contribution is 2.23. The smallest absolute Gasteiger partial charge is 0.318 e. The van der Waals surface area contributed by atoms with Crippen molar-refractivity contribution in [3.05, 3.63) is 111 Å². The molecule has 0 aliphatic carbocycles. The predicted octanol–water partition coefficient (Wildman–Crippen LogP) is 4.16. The zero-order valence-corrected chi connectivity index (χ0v) is 22.5. The van der Waals surface area contributed by atoms with E-state index in [2.05, 4.69) is 21.6 Å². The van der Waals surface area contributed by atoms with Gasteiger partial charge >= 0.3 is 6.03 Å². The zero-order chi connectivity index (χ0) is 28.9. The van der Waals surface area contributed by atoms with Crippen LogP contribution in [0.3, 0.4) is 0 Å². The maximum atomic E-state index is 15.0. The Kier molecular flexibility index (Phi) is 8.06. The number of H-pyrrole nitrogens is 1. The van der Waals surface area contributed by atoms with Crippen molar-refractivity contribution in [1.82, 2.24) is 25.3 Å². The van der Waals surface area contributed by atoms with Crippen molar-refractivity contribution in [2.24, 2.45) is 0 Å². The Labute approximate surface area is 236 Å². The summed E-state index contributed by atoms with van der Waals surface area (Å²) in [5.41, 5.74) is 1.78. The summed E-state index contributed by atoms with van der Waals surface area (Å²) < 4.78 is 15.0. The number of aromatic nitrogens is 2. The number of hydrogen-bond donors (Lipinski definition) is 2. The summed E-state index contributed by atoms with van der Waals surface area (Å²) in [5, 5.41) is 20.3. The number of fused-ring (bicyclic) bond motifs is 1. The molecule has 208 valence electrons. The first-order chi connectivity index (χ1) is 19.9. The third-order valence-electron chi connectivity index (χ3n) is 7.41. The third-order valence-corrected chi connectivity index (χ3v) is 7.41. The van der Waals surface area contributed by atoms with Gasteiger partial charge in [-0.15, -0.1) is 0 Å². The fourth-order valence-corrected chi connectivity index (χ4v) is 5.19. The number of hydrogen-bond acceptors (Lipinski definition) is 5. The molecule has 2 heterocycles. The molecule has 10 heteroatoms. The highest BCUT2D eigenvalue weighted by Gasteiger charge is 2.34. The van der Waals surface area contributed by atoms with E-state index in [1.54, 1.807) is 29.2 Å². The van der Waals surface area contributed by atoms with Gasteiger partial charge in [0.15, 0.2) is 0 Å². The van der Waals surface area contributed by atoms with Gasteiger partial charge in [-0.1, -0.05) is 54.6 Å². The number of halogens is 1. The minimum absolute atomic E-state index is 0.00163. The van der Waals surface area contributed by atoms with Gasteiger partial charge in [0.25, 0.3) is 11.5 Å². The molecule has 1 aromatic heterocycles. The van der Waals surface area contributed by atoms with Crippen molar-refractivity contribution in [3.8, 4) is 6.07 Å². The molecule has 1 aliphatic rings. The van der Waals surface area contributed by atoms with Gasteiger partial charge in [0.1, 0.15) is 5.82 Å². The van der Waals surface area contributed by atoms with Crippen LogP contribution in [-0.4, -0.2) is 57.6 Å². The van der Waals surface area contributed by atoms with Crippen molar-refractivity contribution >= 4 is 22.7 Å². The second kappa shape index (κ2) is 12.0. The summed E-state index contributed by atoms with van der Waals surface area (Å²) in [6.07, 6.45) is 0.269. The van der Waals surface area contributed by atoms with Crippen LogP contribution in [0.15, 0.2) is 77.6 Å². The normalized spacial score (nSPS) is 15.8. The first-order valence-electron chi connectivity index (χ1n) is 13.4. The van der Waals surface area contributed by atoms with Crippen LogP contribution < -0.4 is 10.9 Å². The highest BCUT2D eigenvalue weighted by atomic mass is 19.1. The lowest BCUT2D eigenvalue weighted by Crippen LogP contribution is -2.58. The number of urea groups is 1. The lowest BCUT2D eigenvalue weighted by Gasteiger charge is -2.41. The minimum atomic E-state index is -0.675.